The van der Waals surface area contributed by atoms with Gasteiger partial charge in [-0.15, -0.1) is 11.3 Å². The summed E-state index contributed by atoms with van der Waals surface area (Å²) < 4.78 is 60.1. The second kappa shape index (κ2) is 14.9. The summed E-state index contributed by atoms with van der Waals surface area (Å²) in [6.07, 6.45) is 1.03. The highest BCUT2D eigenvalue weighted by Crippen LogP contribution is 2.41. The second-order valence-corrected chi connectivity index (χ2v) is 17.5. The normalized spacial score (nSPS) is 16.7. The number of carboxylic acid groups (broad SMARTS) is 1. The van der Waals surface area contributed by atoms with Gasteiger partial charge in [0, 0.05) is 30.7 Å². The maximum Gasteiger partial charge on any atom is 0.407 e. The molecule has 50 heavy (non-hydrogen) atoms. The van der Waals surface area contributed by atoms with Gasteiger partial charge < -0.3 is 19.6 Å². The molecule has 4 aromatic rings. The first-order valence-corrected chi connectivity index (χ1v) is 19.3. The van der Waals surface area contributed by atoms with Crippen molar-refractivity contribution in [1.29, 1.82) is 0 Å². The number of sulfone groups is 1. The molecule has 8 nitrogen and oxygen atoms in total. The van der Waals surface area contributed by atoms with E-state index in [0.717, 1.165) is 34.6 Å². The fourth-order valence-electron chi connectivity index (χ4n) is 6.56. The van der Waals surface area contributed by atoms with E-state index in [1.165, 1.54) is 12.0 Å². The Labute approximate surface area is 300 Å². The molecule has 2 amide bonds. The summed E-state index contributed by atoms with van der Waals surface area (Å²) in [7, 11) is -1.86. The number of methoxy groups -OCH3 is 1. The van der Waals surface area contributed by atoms with Crippen molar-refractivity contribution in [3.8, 4) is 16.9 Å². The maximum atomic E-state index is 14.9. The molecule has 1 saturated carbocycles. The topological polar surface area (TPSA) is 104 Å². The van der Waals surface area contributed by atoms with Crippen molar-refractivity contribution in [2.45, 2.75) is 76.9 Å². The van der Waals surface area contributed by atoms with Crippen LogP contribution in [0.2, 0.25) is 5.02 Å². The number of hydrogen-bond donors (Lipinski definition) is 1. The number of rotatable bonds is 10. The Bertz CT molecular complexity index is 2000. The zero-order valence-corrected chi connectivity index (χ0v) is 31.0. The van der Waals surface area contributed by atoms with Gasteiger partial charge in [-0.3, -0.25) is 4.79 Å². The van der Waals surface area contributed by atoms with Crippen molar-refractivity contribution in [2.75, 3.05) is 19.4 Å². The third kappa shape index (κ3) is 7.92. The molecule has 13 heteroatoms. The van der Waals surface area contributed by atoms with Crippen LogP contribution in [0.1, 0.15) is 68.6 Å². The van der Waals surface area contributed by atoms with Gasteiger partial charge in [0.2, 0.25) is 0 Å². The molecule has 0 aliphatic heterocycles. The van der Waals surface area contributed by atoms with E-state index in [1.54, 1.807) is 42.2 Å². The summed E-state index contributed by atoms with van der Waals surface area (Å²) in [4.78, 5) is 30.1. The highest BCUT2D eigenvalue weighted by molar-refractivity contribution is 7.91. The molecule has 0 atom stereocenters. The first kappa shape index (κ1) is 37.5. The Morgan fingerprint density at radius 2 is 1.52 bits per heavy atom. The Hall–Kier alpha value is -3.74. The minimum Gasteiger partial charge on any atom is -0.496 e. The van der Waals surface area contributed by atoms with Crippen molar-refractivity contribution < 1.29 is 36.6 Å². The lowest BCUT2D eigenvalue weighted by Crippen LogP contribution is -2.49. The van der Waals surface area contributed by atoms with E-state index in [2.05, 4.69) is 0 Å². The lowest BCUT2D eigenvalue weighted by Gasteiger charge is -2.41. The minimum atomic E-state index is -3.38. The third-order valence-corrected chi connectivity index (χ3v) is 12.5. The van der Waals surface area contributed by atoms with Crippen LogP contribution in [0.25, 0.3) is 21.2 Å². The van der Waals surface area contributed by atoms with E-state index in [1.807, 2.05) is 32.9 Å². The summed E-state index contributed by atoms with van der Waals surface area (Å²) in [5, 5.41) is 9.73. The highest BCUT2D eigenvalue weighted by atomic mass is 35.5. The molecule has 0 saturated heterocycles. The Kier molecular flexibility index (Phi) is 11.1. The monoisotopic (exact) mass is 746 g/mol. The van der Waals surface area contributed by atoms with E-state index in [4.69, 9.17) is 16.3 Å². The second-order valence-electron chi connectivity index (χ2n) is 13.8. The molecule has 1 heterocycles. The molecule has 5 rings (SSSR count). The molecule has 268 valence electrons. The molecule has 0 unspecified atom stereocenters. The zero-order valence-electron chi connectivity index (χ0n) is 28.6. The van der Waals surface area contributed by atoms with Crippen LogP contribution in [-0.4, -0.2) is 66.8 Å². The molecule has 0 radical (unpaired) electrons. The van der Waals surface area contributed by atoms with Gasteiger partial charge in [-0.1, -0.05) is 57.5 Å². The zero-order chi connectivity index (χ0) is 36.5. The van der Waals surface area contributed by atoms with Crippen molar-refractivity contribution in [3.05, 3.63) is 81.7 Å². The summed E-state index contributed by atoms with van der Waals surface area (Å²) in [5.74, 6) is -1.41. The number of fused-ring (bicyclic) bond motifs is 1. The SMILES string of the molecule is CCS(=O)(=O)c1ccc(-c2ccc(OC)c(CN(C(=O)c3sc4c(F)ccc(F)c4c3Cl)C3CCC(N(CC(C)(C)C)C(=O)O)CC3)c2)cc1. The van der Waals surface area contributed by atoms with Crippen molar-refractivity contribution >= 4 is 54.9 Å². The summed E-state index contributed by atoms with van der Waals surface area (Å²) in [6.45, 7) is 7.97. The molecule has 1 aliphatic rings. The largest absolute Gasteiger partial charge is 0.496 e. The first-order valence-electron chi connectivity index (χ1n) is 16.4. The summed E-state index contributed by atoms with van der Waals surface area (Å²) in [6, 6.07) is 13.5. The number of hydrogen-bond acceptors (Lipinski definition) is 6. The van der Waals surface area contributed by atoms with Gasteiger partial charge in [-0.05, 0) is 78.6 Å². The van der Waals surface area contributed by atoms with E-state index in [0.29, 0.717) is 43.5 Å². The van der Waals surface area contributed by atoms with Crippen LogP contribution in [-0.2, 0) is 16.4 Å². The first-order chi connectivity index (χ1) is 23.5. The van der Waals surface area contributed by atoms with Crippen LogP contribution >= 0.6 is 22.9 Å². The number of carbonyl (C=O) groups is 2. The van der Waals surface area contributed by atoms with Crippen LogP contribution < -0.4 is 4.74 Å². The molecule has 3 aromatic carbocycles. The molecule has 1 fully saturated rings. The van der Waals surface area contributed by atoms with Crippen LogP contribution in [0.5, 0.6) is 5.75 Å². The summed E-state index contributed by atoms with van der Waals surface area (Å²) in [5.41, 5.74) is 1.93. The lowest BCUT2D eigenvalue weighted by molar-refractivity contribution is 0.0492. The van der Waals surface area contributed by atoms with Crippen LogP contribution in [0, 0.1) is 17.0 Å². The van der Waals surface area contributed by atoms with Crippen LogP contribution in [0.3, 0.4) is 0 Å². The average Bonchev–Trinajstić information content (AvgIpc) is 3.45. The maximum absolute atomic E-state index is 14.9. The molecule has 1 N–H and O–H groups in total. The van der Waals surface area contributed by atoms with Crippen molar-refractivity contribution in [3.63, 3.8) is 0 Å². The van der Waals surface area contributed by atoms with Gasteiger partial charge in [0.05, 0.1) is 32.9 Å². The van der Waals surface area contributed by atoms with E-state index in [9.17, 15) is 31.9 Å². The number of carbonyl (C=O) groups excluding carboxylic acids is 1. The molecular weight excluding hydrogens is 706 g/mol. The third-order valence-electron chi connectivity index (χ3n) is 9.12. The average molecular weight is 747 g/mol. The molecule has 0 bridgehead atoms. The van der Waals surface area contributed by atoms with E-state index in [-0.39, 0.29) is 54.7 Å². The number of halogens is 3. The number of benzene rings is 3. The quantitative estimate of drug-likeness (QED) is 0.174. The number of thiophene rings is 1. The van der Waals surface area contributed by atoms with Crippen LogP contribution in [0.4, 0.5) is 13.6 Å². The lowest BCUT2D eigenvalue weighted by atomic mass is 9.87. The highest BCUT2D eigenvalue weighted by Gasteiger charge is 2.36. The fraction of sp³-hybridized carbons (Fsp3) is 0.405. The van der Waals surface area contributed by atoms with Gasteiger partial charge >= 0.3 is 6.09 Å². The minimum absolute atomic E-state index is 0.00975. The Balaban J connectivity index is 1.52. The molecular formula is C37H41ClF2N2O6S2. The fourth-order valence-corrected chi connectivity index (χ4v) is 8.95. The van der Waals surface area contributed by atoms with Crippen molar-refractivity contribution in [1.82, 2.24) is 9.80 Å². The standard InChI is InChI=1S/C37H41ClF2N2O6S2/c1-6-50(46,47)27-14-7-22(8-15-27)23-9-18-30(48-5)24(19-23)20-41(25-10-12-26(13-11-25)42(36(44)45)21-37(2,3)4)35(43)34-32(38)31-28(39)16-17-29(40)33(31)49-34/h7-9,14-19,25-26H,6,10-13,20-21H2,1-5H3,(H,44,45). The van der Waals surface area contributed by atoms with Gasteiger partial charge in [-0.2, -0.15) is 0 Å². The number of ether oxygens (including phenoxy) is 1. The smallest absolute Gasteiger partial charge is 0.407 e. The summed E-state index contributed by atoms with van der Waals surface area (Å²) >= 11 is 7.41. The number of nitrogens with zero attached hydrogens (tertiary/aromatic N) is 2. The van der Waals surface area contributed by atoms with Gasteiger partial charge in [0.25, 0.3) is 5.91 Å². The molecule has 1 aliphatic carbocycles. The van der Waals surface area contributed by atoms with Gasteiger partial charge in [0.1, 0.15) is 22.3 Å². The van der Waals surface area contributed by atoms with E-state index >= 15 is 0 Å². The Morgan fingerprint density at radius 1 is 0.940 bits per heavy atom. The number of amides is 2. The predicted molar refractivity (Wildman–Crippen MR) is 193 cm³/mol. The predicted octanol–water partition coefficient (Wildman–Crippen LogP) is 9.28. The van der Waals surface area contributed by atoms with Crippen LogP contribution in [0.15, 0.2) is 59.5 Å². The Morgan fingerprint density at radius 3 is 2.06 bits per heavy atom. The van der Waals surface area contributed by atoms with E-state index < -0.39 is 33.5 Å². The van der Waals surface area contributed by atoms with Gasteiger partial charge in [0.15, 0.2) is 9.84 Å². The molecule has 1 aromatic heterocycles. The van der Waals surface area contributed by atoms with Crippen molar-refractivity contribution in [2.24, 2.45) is 5.41 Å². The van der Waals surface area contributed by atoms with Gasteiger partial charge in [-0.25, -0.2) is 22.0 Å². The molecule has 0 spiro atoms.